The van der Waals surface area contributed by atoms with Gasteiger partial charge in [-0.1, -0.05) is 5.21 Å². The van der Waals surface area contributed by atoms with Crippen molar-refractivity contribution >= 4 is 6.03 Å². The molecule has 0 saturated carbocycles. The number of hydrogen-bond donors (Lipinski definition) is 1. The van der Waals surface area contributed by atoms with E-state index in [1.807, 2.05) is 11.1 Å². The molecule has 6 nitrogen and oxygen atoms in total. The Morgan fingerprint density at radius 1 is 1.29 bits per heavy atom. The van der Waals surface area contributed by atoms with Gasteiger partial charge >= 0.3 is 6.03 Å². The van der Waals surface area contributed by atoms with Gasteiger partial charge < -0.3 is 10.2 Å². The van der Waals surface area contributed by atoms with Gasteiger partial charge in [0.05, 0.1) is 6.20 Å². The van der Waals surface area contributed by atoms with Gasteiger partial charge in [0.15, 0.2) is 0 Å². The number of nitrogens with zero attached hydrogens (tertiary/aromatic N) is 4. The van der Waals surface area contributed by atoms with Crippen molar-refractivity contribution in [3.8, 4) is 0 Å². The summed E-state index contributed by atoms with van der Waals surface area (Å²) in [7, 11) is 0. The molecular formula is C11H19N5O. The molecule has 1 saturated heterocycles. The highest BCUT2D eigenvalue weighted by Crippen LogP contribution is 2.08. The van der Waals surface area contributed by atoms with Crippen molar-refractivity contribution in [2.24, 2.45) is 0 Å². The molecule has 2 heterocycles. The summed E-state index contributed by atoms with van der Waals surface area (Å²) in [5, 5.41) is 10.5. The summed E-state index contributed by atoms with van der Waals surface area (Å²) in [6, 6.07) is 0.0725. The second-order valence-corrected chi connectivity index (χ2v) is 4.30. The van der Waals surface area contributed by atoms with Gasteiger partial charge in [-0.05, 0) is 25.7 Å². The molecule has 1 aromatic rings. The first-order valence-corrected chi connectivity index (χ1v) is 6.23. The number of urea groups is 1. The van der Waals surface area contributed by atoms with Gasteiger partial charge in [0.25, 0.3) is 0 Å². The van der Waals surface area contributed by atoms with E-state index >= 15 is 0 Å². The van der Waals surface area contributed by atoms with E-state index in [1.54, 1.807) is 10.9 Å². The van der Waals surface area contributed by atoms with Crippen molar-refractivity contribution in [1.29, 1.82) is 0 Å². The van der Waals surface area contributed by atoms with Crippen molar-refractivity contribution in [3.63, 3.8) is 0 Å². The first kappa shape index (κ1) is 11.9. The highest BCUT2D eigenvalue weighted by atomic mass is 16.2. The van der Waals surface area contributed by atoms with E-state index in [9.17, 15) is 4.79 Å². The first-order valence-electron chi connectivity index (χ1n) is 6.23. The van der Waals surface area contributed by atoms with Crippen LogP contribution in [0, 0.1) is 0 Å². The molecule has 0 atom stereocenters. The molecule has 1 aromatic heterocycles. The predicted molar refractivity (Wildman–Crippen MR) is 63.5 cm³/mol. The molecule has 0 bridgehead atoms. The number of rotatable bonds is 4. The minimum absolute atomic E-state index is 0.0725. The molecule has 94 valence electrons. The molecule has 1 fully saturated rings. The number of carbonyl (C=O) groups is 1. The fourth-order valence-corrected chi connectivity index (χ4v) is 2.00. The zero-order chi connectivity index (χ0) is 11.9. The van der Waals surface area contributed by atoms with Crippen LogP contribution in [0.2, 0.25) is 0 Å². The van der Waals surface area contributed by atoms with Crippen LogP contribution in [-0.2, 0) is 6.54 Å². The number of carbonyl (C=O) groups excluding carboxylic acids is 1. The highest BCUT2D eigenvalue weighted by Gasteiger charge is 2.15. The van der Waals surface area contributed by atoms with Crippen LogP contribution in [0.5, 0.6) is 0 Å². The van der Waals surface area contributed by atoms with Crippen LogP contribution in [-0.4, -0.2) is 45.6 Å². The lowest BCUT2D eigenvalue weighted by Gasteiger charge is -2.26. The Hall–Kier alpha value is -1.59. The maximum Gasteiger partial charge on any atom is 0.317 e. The normalized spacial score (nSPS) is 15.9. The summed E-state index contributed by atoms with van der Waals surface area (Å²) < 4.78 is 1.77. The smallest absolute Gasteiger partial charge is 0.317 e. The standard InChI is InChI=1S/C11H19N5O/c17-11(15-7-2-1-3-8-15)12-5-4-9-16-10-6-13-14-16/h6,10H,1-5,7-9H2,(H,12,17). The van der Waals surface area contributed by atoms with Crippen LogP contribution in [0.1, 0.15) is 25.7 Å². The first-order chi connectivity index (χ1) is 8.36. The zero-order valence-electron chi connectivity index (χ0n) is 10.0. The number of amides is 2. The third-order valence-electron chi connectivity index (χ3n) is 2.96. The monoisotopic (exact) mass is 237 g/mol. The quantitative estimate of drug-likeness (QED) is 0.790. The van der Waals surface area contributed by atoms with Gasteiger partial charge in [0.2, 0.25) is 0 Å². The van der Waals surface area contributed by atoms with Crippen molar-refractivity contribution < 1.29 is 4.79 Å². The molecule has 0 unspecified atom stereocenters. The van der Waals surface area contributed by atoms with Crippen molar-refractivity contribution in [2.45, 2.75) is 32.2 Å². The van der Waals surface area contributed by atoms with Gasteiger partial charge in [-0.15, -0.1) is 5.10 Å². The number of nitrogens with one attached hydrogen (secondary N) is 1. The van der Waals surface area contributed by atoms with Gasteiger partial charge in [-0.25, -0.2) is 4.79 Å². The minimum atomic E-state index is 0.0725. The van der Waals surface area contributed by atoms with E-state index in [2.05, 4.69) is 15.6 Å². The largest absolute Gasteiger partial charge is 0.338 e. The summed E-state index contributed by atoms with van der Waals surface area (Å²) >= 11 is 0. The van der Waals surface area contributed by atoms with Gasteiger partial charge in [0, 0.05) is 32.4 Å². The Morgan fingerprint density at radius 2 is 2.12 bits per heavy atom. The fraction of sp³-hybridized carbons (Fsp3) is 0.727. The molecular weight excluding hydrogens is 218 g/mol. The van der Waals surface area contributed by atoms with Crippen molar-refractivity contribution in [1.82, 2.24) is 25.2 Å². The maximum absolute atomic E-state index is 11.7. The molecule has 17 heavy (non-hydrogen) atoms. The molecule has 0 radical (unpaired) electrons. The average molecular weight is 237 g/mol. The molecule has 1 aliphatic heterocycles. The van der Waals surface area contributed by atoms with E-state index in [1.165, 1.54) is 6.42 Å². The second kappa shape index (κ2) is 6.22. The Balaban J connectivity index is 1.59. The van der Waals surface area contributed by atoms with E-state index in [0.717, 1.165) is 38.9 Å². The number of aromatic nitrogens is 3. The average Bonchev–Trinajstić information content (AvgIpc) is 2.88. The summed E-state index contributed by atoms with van der Waals surface area (Å²) in [5.74, 6) is 0. The zero-order valence-corrected chi connectivity index (χ0v) is 10.0. The number of likely N-dealkylation sites (tertiary alicyclic amines) is 1. The molecule has 2 rings (SSSR count). The Morgan fingerprint density at radius 3 is 2.82 bits per heavy atom. The number of aryl methyl sites for hydroxylation is 1. The second-order valence-electron chi connectivity index (χ2n) is 4.30. The molecule has 0 aromatic carbocycles. The summed E-state index contributed by atoms with van der Waals surface area (Å²) in [6.07, 6.45) is 7.87. The molecule has 2 amide bonds. The highest BCUT2D eigenvalue weighted by molar-refractivity contribution is 5.74. The topological polar surface area (TPSA) is 63.1 Å². The third-order valence-corrected chi connectivity index (χ3v) is 2.96. The van der Waals surface area contributed by atoms with Crippen molar-refractivity contribution in [2.75, 3.05) is 19.6 Å². The fourth-order valence-electron chi connectivity index (χ4n) is 2.00. The third kappa shape index (κ3) is 3.72. The lowest BCUT2D eigenvalue weighted by atomic mass is 10.1. The van der Waals surface area contributed by atoms with Crippen LogP contribution < -0.4 is 5.32 Å². The SMILES string of the molecule is O=C(NCCCn1ccnn1)N1CCCCC1. The lowest BCUT2D eigenvalue weighted by Crippen LogP contribution is -2.43. The van der Waals surface area contributed by atoms with Crippen LogP contribution >= 0.6 is 0 Å². The summed E-state index contributed by atoms with van der Waals surface area (Å²) in [4.78, 5) is 13.6. The Kier molecular flexibility index (Phi) is 4.35. The Labute approximate surface area is 101 Å². The van der Waals surface area contributed by atoms with Crippen LogP contribution in [0.3, 0.4) is 0 Å². The van der Waals surface area contributed by atoms with E-state index in [4.69, 9.17) is 0 Å². The van der Waals surface area contributed by atoms with E-state index < -0.39 is 0 Å². The predicted octanol–water partition coefficient (Wildman–Crippen LogP) is 0.864. The van der Waals surface area contributed by atoms with Gasteiger partial charge in [0.1, 0.15) is 0 Å². The molecule has 0 spiro atoms. The molecule has 1 N–H and O–H groups in total. The van der Waals surface area contributed by atoms with E-state index in [0.29, 0.717) is 6.54 Å². The van der Waals surface area contributed by atoms with Crippen LogP contribution in [0.4, 0.5) is 4.79 Å². The Bertz CT molecular complexity index is 332. The van der Waals surface area contributed by atoms with Gasteiger partial charge in [-0.2, -0.15) is 0 Å². The molecule has 0 aliphatic carbocycles. The maximum atomic E-state index is 11.7. The summed E-state index contributed by atoms with van der Waals surface area (Å²) in [5.41, 5.74) is 0. The number of hydrogen-bond acceptors (Lipinski definition) is 3. The van der Waals surface area contributed by atoms with Crippen LogP contribution in [0.15, 0.2) is 12.4 Å². The van der Waals surface area contributed by atoms with Gasteiger partial charge in [-0.3, -0.25) is 4.68 Å². The summed E-state index contributed by atoms with van der Waals surface area (Å²) in [6.45, 7) is 3.28. The molecule has 1 aliphatic rings. The van der Waals surface area contributed by atoms with Crippen LogP contribution in [0.25, 0.3) is 0 Å². The van der Waals surface area contributed by atoms with Crippen molar-refractivity contribution in [3.05, 3.63) is 12.4 Å². The minimum Gasteiger partial charge on any atom is -0.338 e. The lowest BCUT2D eigenvalue weighted by molar-refractivity contribution is 0.186. The molecule has 6 heteroatoms. The number of piperidine rings is 1. The van der Waals surface area contributed by atoms with E-state index in [-0.39, 0.29) is 6.03 Å².